The normalized spacial score (nSPS) is 11.0. The van der Waals surface area contributed by atoms with Gasteiger partial charge in [0, 0.05) is 18.8 Å². The van der Waals surface area contributed by atoms with Gasteiger partial charge in [0.25, 0.3) is 0 Å². The van der Waals surface area contributed by atoms with Gasteiger partial charge < -0.3 is 4.98 Å². The quantitative estimate of drug-likeness (QED) is 0.773. The highest BCUT2D eigenvalue weighted by Gasteiger charge is 2.07. The molecule has 0 saturated heterocycles. The van der Waals surface area contributed by atoms with Crippen LogP contribution in [0.5, 0.6) is 0 Å². The molecule has 1 N–H and O–H groups in total. The molecule has 0 aliphatic heterocycles. The highest BCUT2D eigenvalue weighted by molar-refractivity contribution is 6.42. The van der Waals surface area contributed by atoms with Crippen molar-refractivity contribution >= 4 is 34.2 Å². The van der Waals surface area contributed by atoms with E-state index < -0.39 is 0 Å². The molecule has 2 aromatic heterocycles. The molecule has 0 aliphatic rings. The monoisotopic (exact) mass is 277 g/mol. The predicted molar refractivity (Wildman–Crippen MR) is 73.2 cm³/mol. The van der Waals surface area contributed by atoms with E-state index in [1.807, 2.05) is 12.1 Å². The van der Waals surface area contributed by atoms with E-state index in [0.717, 1.165) is 28.8 Å². The number of aromatic amines is 1. The first-order chi connectivity index (χ1) is 8.72. The number of hydrogen-bond donors (Lipinski definition) is 1. The first kappa shape index (κ1) is 11.5. The van der Waals surface area contributed by atoms with E-state index >= 15 is 0 Å². The molecule has 0 saturated carbocycles. The van der Waals surface area contributed by atoms with Crippen LogP contribution < -0.4 is 0 Å². The van der Waals surface area contributed by atoms with Crippen LogP contribution in [0.15, 0.2) is 36.7 Å². The lowest BCUT2D eigenvalue weighted by Gasteiger charge is -1.95. The lowest BCUT2D eigenvalue weighted by Crippen LogP contribution is -1.90. The second-order valence-corrected chi connectivity index (χ2v) is 4.81. The van der Waals surface area contributed by atoms with Crippen molar-refractivity contribution in [2.24, 2.45) is 0 Å². The summed E-state index contributed by atoms with van der Waals surface area (Å²) in [5, 5.41) is 1.05. The smallest absolute Gasteiger partial charge is 0.111 e. The van der Waals surface area contributed by atoms with Gasteiger partial charge in [0.1, 0.15) is 5.82 Å². The van der Waals surface area contributed by atoms with E-state index in [0.29, 0.717) is 10.0 Å². The molecule has 0 amide bonds. The zero-order valence-corrected chi connectivity index (χ0v) is 10.8. The average molecular weight is 278 g/mol. The number of halogens is 2. The molecular weight excluding hydrogens is 269 g/mol. The summed E-state index contributed by atoms with van der Waals surface area (Å²) in [4.78, 5) is 11.7. The van der Waals surface area contributed by atoms with Crippen LogP contribution in [-0.2, 0) is 6.42 Å². The summed E-state index contributed by atoms with van der Waals surface area (Å²) < 4.78 is 0. The van der Waals surface area contributed by atoms with Crippen molar-refractivity contribution in [3.8, 4) is 0 Å². The molecule has 0 spiro atoms. The minimum atomic E-state index is 0.520. The maximum Gasteiger partial charge on any atom is 0.111 e. The molecule has 90 valence electrons. The molecule has 0 fully saturated rings. The topological polar surface area (TPSA) is 41.6 Å². The van der Waals surface area contributed by atoms with Crippen molar-refractivity contribution in [2.45, 2.75) is 6.42 Å². The van der Waals surface area contributed by atoms with E-state index in [1.165, 1.54) is 0 Å². The van der Waals surface area contributed by atoms with Gasteiger partial charge in [-0.05, 0) is 29.8 Å². The number of fused-ring (bicyclic) bond motifs is 1. The van der Waals surface area contributed by atoms with E-state index in [1.54, 1.807) is 24.5 Å². The maximum atomic E-state index is 5.97. The summed E-state index contributed by atoms with van der Waals surface area (Å²) in [6.07, 6.45) is 4.27. The number of H-pyrrole nitrogens is 1. The number of pyridine rings is 1. The molecule has 0 aliphatic carbocycles. The summed E-state index contributed by atoms with van der Waals surface area (Å²) in [5.41, 5.74) is 2.88. The second-order valence-electron chi connectivity index (χ2n) is 4.00. The Bertz CT molecular complexity index is 653. The molecule has 0 unspecified atom stereocenters. The molecule has 0 bridgehead atoms. The van der Waals surface area contributed by atoms with Crippen molar-refractivity contribution in [2.75, 3.05) is 0 Å². The Kier molecular flexibility index (Phi) is 2.94. The van der Waals surface area contributed by atoms with Crippen LogP contribution in [0, 0.1) is 0 Å². The standard InChI is InChI=1S/C13H9Cl2N3/c14-9-6-11-12(7-10(9)15)18-13(17-11)5-8-1-3-16-4-2-8/h1-4,6-7H,5H2,(H,17,18). The fourth-order valence-corrected chi connectivity index (χ4v) is 2.16. The molecule has 3 aromatic rings. The lowest BCUT2D eigenvalue weighted by molar-refractivity contribution is 1.03. The van der Waals surface area contributed by atoms with Gasteiger partial charge in [-0.1, -0.05) is 23.2 Å². The number of aromatic nitrogens is 3. The zero-order valence-electron chi connectivity index (χ0n) is 9.32. The van der Waals surface area contributed by atoms with E-state index in [4.69, 9.17) is 23.2 Å². The Hall–Kier alpha value is -1.58. The van der Waals surface area contributed by atoms with Gasteiger partial charge in [0.15, 0.2) is 0 Å². The highest BCUT2D eigenvalue weighted by atomic mass is 35.5. The summed E-state index contributed by atoms with van der Waals surface area (Å²) in [6, 6.07) is 7.49. The van der Waals surface area contributed by atoms with Gasteiger partial charge in [0.05, 0.1) is 21.1 Å². The van der Waals surface area contributed by atoms with Crippen molar-refractivity contribution in [1.29, 1.82) is 0 Å². The first-order valence-electron chi connectivity index (χ1n) is 5.45. The Labute approximate surface area is 114 Å². The molecule has 3 nitrogen and oxygen atoms in total. The molecule has 3 rings (SSSR count). The highest BCUT2D eigenvalue weighted by Crippen LogP contribution is 2.26. The minimum Gasteiger partial charge on any atom is -0.342 e. The van der Waals surface area contributed by atoms with Crippen LogP contribution in [0.4, 0.5) is 0 Å². The number of imidazole rings is 1. The van der Waals surface area contributed by atoms with Crippen molar-refractivity contribution in [1.82, 2.24) is 15.0 Å². The maximum absolute atomic E-state index is 5.97. The summed E-state index contributed by atoms with van der Waals surface area (Å²) in [6.45, 7) is 0. The largest absolute Gasteiger partial charge is 0.342 e. The number of benzene rings is 1. The van der Waals surface area contributed by atoms with E-state index in [9.17, 15) is 0 Å². The van der Waals surface area contributed by atoms with Crippen molar-refractivity contribution in [3.63, 3.8) is 0 Å². The van der Waals surface area contributed by atoms with Gasteiger partial charge in [-0.3, -0.25) is 4.98 Å². The lowest BCUT2D eigenvalue weighted by atomic mass is 10.2. The van der Waals surface area contributed by atoms with Gasteiger partial charge in [-0.15, -0.1) is 0 Å². The minimum absolute atomic E-state index is 0.520. The van der Waals surface area contributed by atoms with Crippen molar-refractivity contribution in [3.05, 3.63) is 58.1 Å². The Balaban J connectivity index is 1.99. The Morgan fingerprint density at radius 1 is 1.06 bits per heavy atom. The van der Waals surface area contributed by atoms with Gasteiger partial charge in [0.2, 0.25) is 0 Å². The summed E-state index contributed by atoms with van der Waals surface area (Å²) in [7, 11) is 0. The molecule has 2 heterocycles. The van der Waals surface area contributed by atoms with Crippen LogP contribution in [0.25, 0.3) is 11.0 Å². The molecule has 0 atom stereocenters. The number of nitrogens with one attached hydrogen (secondary N) is 1. The third kappa shape index (κ3) is 2.19. The molecule has 1 aromatic carbocycles. The number of hydrogen-bond acceptors (Lipinski definition) is 2. The van der Waals surface area contributed by atoms with Crippen LogP contribution in [0.1, 0.15) is 11.4 Å². The summed E-state index contributed by atoms with van der Waals surface area (Å²) in [5.74, 6) is 0.884. The number of nitrogens with zero attached hydrogens (tertiary/aromatic N) is 2. The van der Waals surface area contributed by atoms with Gasteiger partial charge in [-0.25, -0.2) is 4.98 Å². The second kappa shape index (κ2) is 4.59. The molecule has 5 heteroatoms. The zero-order chi connectivity index (χ0) is 12.5. The third-order valence-corrected chi connectivity index (χ3v) is 3.42. The van der Waals surface area contributed by atoms with E-state index in [2.05, 4.69) is 15.0 Å². The third-order valence-electron chi connectivity index (χ3n) is 2.69. The predicted octanol–water partition coefficient (Wildman–Crippen LogP) is 3.86. The molecular formula is C13H9Cl2N3. The Morgan fingerprint density at radius 3 is 2.56 bits per heavy atom. The molecule has 18 heavy (non-hydrogen) atoms. The van der Waals surface area contributed by atoms with Crippen molar-refractivity contribution < 1.29 is 0 Å². The Morgan fingerprint density at radius 2 is 1.78 bits per heavy atom. The van der Waals surface area contributed by atoms with Crippen LogP contribution in [-0.4, -0.2) is 15.0 Å². The van der Waals surface area contributed by atoms with Gasteiger partial charge in [-0.2, -0.15) is 0 Å². The fraction of sp³-hybridized carbons (Fsp3) is 0.0769. The average Bonchev–Trinajstić information content (AvgIpc) is 2.72. The summed E-state index contributed by atoms with van der Waals surface area (Å²) >= 11 is 11.9. The fourth-order valence-electron chi connectivity index (χ4n) is 1.84. The van der Waals surface area contributed by atoms with Crippen LogP contribution in [0.3, 0.4) is 0 Å². The van der Waals surface area contributed by atoms with Gasteiger partial charge >= 0.3 is 0 Å². The number of rotatable bonds is 2. The molecule has 0 radical (unpaired) electrons. The van der Waals surface area contributed by atoms with Crippen LogP contribution in [0.2, 0.25) is 10.0 Å². The van der Waals surface area contributed by atoms with E-state index in [-0.39, 0.29) is 0 Å². The van der Waals surface area contributed by atoms with Crippen LogP contribution >= 0.6 is 23.2 Å². The first-order valence-corrected chi connectivity index (χ1v) is 6.20. The SMILES string of the molecule is Clc1cc2nc(Cc3ccncc3)[nH]c2cc1Cl.